The van der Waals surface area contributed by atoms with E-state index in [1.165, 1.54) is 0 Å². The van der Waals surface area contributed by atoms with Crippen molar-refractivity contribution in [1.29, 1.82) is 0 Å². The molecule has 1 amide bonds. The smallest absolute Gasteiger partial charge is 0.227 e. The lowest BCUT2D eigenvalue weighted by Gasteiger charge is -2.16. The molecule has 3 nitrogen and oxygen atoms in total. The van der Waals surface area contributed by atoms with Gasteiger partial charge in [-0.1, -0.05) is 42.5 Å². The number of carbonyl (C=O) groups excluding carboxylic acids is 1. The minimum Gasteiger partial charge on any atom is -0.391 e. The summed E-state index contributed by atoms with van der Waals surface area (Å²) < 4.78 is 0. The third-order valence-corrected chi connectivity index (χ3v) is 3.74. The van der Waals surface area contributed by atoms with E-state index in [0.29, 0.717) is 25.9 Å². The number of benzene rings is 2. The molecular weight excluding hydrogens is 238 g/mol. The van der Waals surface area contributed by atoms with Gasteiger partial charge in [0.15, 0.2) is 0 Å². The van der Waals surface area contributed by atoms with Gasteiger partial charge in [0.25, 0.3) is 0 Å². The number of amides is 1. The van der Waals surface area contributed by atoms with Crippen LogP contribution in [0.1, 0.15) is 12.0 Å². The first kappa shape index (κ1) is 12.2. The molecule has 1 fully saturated rings. The lowest BCUT2D eigenvalue weighted by atomic mass is 10.0. The van der Waals surface area contributed by atoms with Crippen LogP contribution in [0, 0.1) is 0 Å². The quantitative estimate of drug-likeness (QED) is 0.891. The Morgan fingerprint density at radius 2 is 2.00 bits per heavy atom. The molecule has 0 radical (unpaired) electrons. The molecule has 0 spiro atoms. The molecule has 1 aliphatic heterocycles. The summed E-state index contributed by atoms with van der Waals surface area (Å²) in [7, 11) is 0. The highest BCUT2D eigenvalue weighted by molar-refractivity contribution is 5.90. The van der Waals surface area contributed by atoms with Crippen LogP contribution in [0.5, 0.6) is 0 Å². The van der Waals surface area contributed by atoms with Gasteiger partial charge in [-0.25, -0.2) is 0 Å². The monoisotopic (exact) mass is 255 g/mol. The molecule has 0 aromatic heterocycles. The van der Waals surface area contributed by atoms with E-state index in [1.807, 2.05) is 24.3 Å². The Kier molecular flexibility index (Phi) is 3.22. The van der Waals surface area contributed by atoms with Gasteiger partial charge in [0.2, 0.25) is 5.91 Å². The molecule has 0 aliphatic carbocycles. The molecule has 2 aromatic rings. The van der Waals surface area contributed by atoms with Crippen LogP contribution >= 0.6 is 0 Å². The third kappa shape index (κ3) is 2.47. The Balaban J connectivity index is 1.83. The van der Waals surface area contributed by atoms with Gasteiger partial charge in [-0.2, -0.15) is 0 Å². The first-order valence-corrected chi connectivity index (χ1v) is 6.66. The Bertz CT molecular complexity index is 603. The summed E-state index contributed by atoms with van der Waals surface area (Å²) >= 11 is 0. The maximum Gasteiger partial charge on any atom is 0.227 e. The van der Waals surface area contributed by atoms with E-state index in [9.17, 15) is 9.90 Å². The van der Waals surface area contributed by atoms with E-state index in [2.05, 4.69) is 18.2 Å². The minimum absolute atomic E-state index is 0.105. The number of aliphatic hydroxyl groups excluding tert-OH is 1. The molecule has 19 heavy (non-hydrogen) atoms. The third-order valence-electron chi connectivity index (χ3n) is 3.74. The topological polar surface area (TPSA) is 40.5 Å². The standard InChI is InChI=1S/C16H17NO2/c18-14-8-9-17(11-14)16(19)10-13-6-3-5-12-4-1-2-7-15(12)13/h1-7,14,18H,8-11H2/t14-/m0/s1. The van der Waals surface area contributed by atoms with Gasteiger partial charge < -0.3 is 10.0 Å². The second-order valence-electron chi connectivity index (χ2n) is 5.10. The van der Waals surface area contributed by atoms with E-state index in [1.54, 1.807) is 4.90 Å². The summed E-state index contributed by atoms with van der Waals surface area (Å²) in [5.41, 5.74) is 1.06. The van der Waals surface area contributed by atoms with Gasteiger partial charge in [0.05, 0.1) is 12.5 Å². The second kappa shape index (κ2) is 5.02. The molecule has 98 valence electrons. The summed E-state index contributed by atoms with van der Waals surface area (Å²) in [5.74, 6) is 0.105. The lowest BCUT2D eigenvalue weighted by Crippen LogP contribution is -2.30. The van der Waals surface area contributed by atoms with Gasteiger partial charge in [-0.3, -0.25) is 4.79 Å². The van der Waals surface area contributed by atoms with Gasteiger partial charge in [0, 0.05) is 13.1 Å². The molecule has 0 unspecified atom stereocenters. The van der Waals surface area contributed by atoms with Crippen molar-refractivity contribution in [2.24, 2.45) is 0 Å². The van der Waals surface area contributed by atoms with Crippen LogP contribution < -0.4 is 0 Å². The number of carbonyl (C=O) groups is 1. The largest absolute Gasteiger partial charge is 0.391 e. The van der Waals surface area contributed by atoms with Crippen molar-refractivity contribution < 1.29 is 9.90 Å². The van der Waals surface area contributed by atoms with Gasteiger partial charge in [-0.05, 0) is 22.8 Å². The van der Waals surface area contributed by atoms with Crippen molar-refractivity contribution in [1.82, 2.24) is 4.90 Å². The van der Waals surface area contributed by atoms with Crippen LogP contribution in [0.15, 0.2) is 42.5 Å². The average Bonchev–Trinajstić information content (AvgIpc) is 2.86. The highest BCUT2D eigenvalue weighted by atomic mass is 16.3. The summed E-state index contributed by atoms with van der Waals surface area (Å²) in [5, 5.41) is 11.8. The molecule has 1 heterocycles. The molecule has 2 aromatic carbocycles. The Morgan fingerprint density at radius 3 is 2.79 bits per heavy atom. The molecular formula is C16H17NO2. The predicted octanol–water partition coefficient (Wildman–Crippen LogP) is 1.98. The predicted molar refractivity (Wildman–Crippen MR) is 74.9 cm³/mol. The van der Waals surface area contributed by atoms with Gasteiger partial charge in [-0.15, -0.1) is 0 Å². The number of fused-ring (bicyclic) bond motifs is 1. The zero-order chi connectivity index (χ0) is 13.2. The number of likely N-dealkylation sites (tertiary alicyclic amines) is 1. The molecule has 1 N–H and O–H groups in total. The number of rotatable bonds is 2. The fourth-order valence-corrected chi connectivity index (χ4v) is 2.69. The van der Waals surface area contributed by atoms with E-state index >= 15 is 0 Å². The summed E-state index contributed by atoms with van der Waals surface area (Å²) in [4.78, 5) is 14.0. The molecule has 3 heteroatoms. The highest BCUT2D eigenvalue weighted by Gasteiger charge is 2.24. The molecule has 3 rings (SSSR count). The lowest BCUT2D eigenvalue weighted by molar-refractivity contribution is -0.129. The highest BCUT2D eigenvalue weighted by Crippen LogP contribution is 2.20. The van der Waals surface area contributed by atoms with E-state index in [-0.39, 0.29) is 12.0 Å². The molecule has 1 saturated heterocycles. The molecule has 0 bridgehead atoms. The average molecular weight is 255 g/mol. The molecule has 1 atom stereocenters. The molecule has 1 aliphatic rings. The fraction of sp³-hybridized carbons (Fsp3) is 0.312. The summed E-state index contributed by atoms with van der Waals surface area (Å²) in [6.45, 7) is 1.15. The summed E-state index contributed by atoms with van der Waals surface area (Å²) in [6, 6.07) is 14.2. The summed E-state index contributed by atoms with van der Waals surface area (Å²) in [6.07, 6.45) is 0.756. The van der Waals surface area contributed by atoms with Crippen molar-refractivity contribution in [3.63, 3.8) is 0 Å². The van der Waals surface area contributed by atoms with Crippen LogP contribution in [-0.2, 0) is 11.2 Å². The van der Waals surface area contributed by atoms with Crippen LogP contribution in [0.4, 0.5) is 0 Å². The number of hydrogen-bond acceptors (Lipinski definition) is 2. The first-order chi connectivity index (χ1) is 9.24. The van der Waals surface area contributed by atoms with Crippen LogP contribution in [-0.4, -0.2) is 35.1 Å². The van der Waals surface area contributed by atoms with Crippen molar-refractivity contribution in [2.75, 3.05) is 13.1 Å². The van der Waals surface area contributed by atoms with Crippen LogP contribution in [0.2, 0.25) is 0 Å². The number of hydrogen-bond donors (Lipinski definition) is 1. The SMILES string of the molecule is O=C(Cc1cccc2ccccc12)N1CC[C@H](O)C1. The Hall–Kier alpha value is -1.87. The van der Waals surface area contributed by atoms with E-state index in [4.69, 9.17) is 0 Å². The number of β-amino-alcohol motifs (C(OH)–C–C–N with tert-alkyl or cyclic N) is 1. The minimum atomic E-state index is -0.350. The fourth-order valence-electron chi connectivity index (χ4n) is 2.69. The van der Waals surface area contributed by atoms with Crippen LogP contribution in [0.25, 0.3) is 10.8 Å². The second-order valence-corrected chi connectivity index (χ2v) is 5.10. The van der Waals surface area contributed by atoms with Crippen molar-refractivity contribution in [3.8, 4) is 0 Å². The number of aliphatic hydroxyl groups is 1. The Morgan fingerprint density at radius 1 is 1.21 bits per heavy atom. The van der Waals surface area contributed by atoms with Gasteiger partial charge >= 0.3 is 0 Å². The van der Waals surface area contributed by atoms with Crippen molar-refractivity contribution in [2.45, 2.75) is 18.9 Å². The first-order valence-electron chi connectivity index (χ1n) is 6.66. The zero-order valence-electron chi connectivity index (χ0n) is 10.7. The van der Waals surface area contributed by atoms with Gasteiger partial charge in [0.1, 0.15) is 0 Å². The van der Waals surface area contributed by atoms with E-state index < -0.39 is 0 Å². The molecule has 0 saturated carbocycles. The van der Waals surface area contributed by atoms with E-state index in [0.717, 1.165) is 16.3 Å². The maximum atomic E-state index is 12.2. The maximum absolute atomic E-state index is 12.2. The number of nitrogens with zero attached hydrogens (tertiary/aromatic N) is 1. The normalized spacial score (nSPS) is 19.0. The zero-order valence-corrected chi connectivity index (χ0v) is 10.7. The Labute approximate surface area is 112 Å². The van der Waals surface area contributed by atoms with Crippen LogP contribution in [0.3, 0.4) is 0 Å². The van der Waals surface area contributed by atoms with Crippen molar-refractivity contribution >= 4 is 16.7 Å². The van der Waals surface area contributed by atoms with Crippen molar-refractivity contribution in [3.05, 3.63) is 48.0 Å².